The number of hydrogen-bond acceptors (Lipinski definition) is 6. The first-order valence-corrected chi connectivity index (χ1v) is 13.9. The number of carbonyl (C=O) groups excluding carboxylic acids is 1. The molecular formula is C20H30FN3O6S2. The van der Waals surface area contributed by atoms with Crippen molar-refractivity contribution < 1.29 is 30.8 Å². The minimum atomic E-state index is -4.05. The molecule has 0 spiro atoms. The summed E-state index contributed by atoms with van der Waals surface area (Å²) in [4.78, 5) is 12.2. The second-order valence-corrected chi connectivity index (χ2v) is 12.0. The van der Waals surface area contributed by atoms with Gasteiger partial charge in [0.2, 0.25) is 26.0 Å². The van der Waals surface area contributed by atoms with Crippen molar-refractivity contribution in [2.75, 3.05) is 50.5 Å². The molecule has 32 heavy (non-hydrogen) atoms. The molecule has 0 bridgehead atoms. The van der Waals surface area contributed by atoms with Crippen molar-refractivity contribution in [3.05, 3.63) is 24.0 Å². The predicted molar refractivity (Wildman–Crippen MR) is 118 cm³/mol. The fraction of sp³-hybridized carbons (Fsp3) is 0.650. The number of piperidine rings is 1. The molecule has 2 heterocycles. The molecule has 1 aromatic rings. The van der Waals surface area contributed by atoms with E-state index in [0.29, 0.717) is 19.3 Å². The molecule has 0 aliphatic carbocycles. The smallest absolute Gasteiger partial charge is 0.246 e. The fourth-order valence-electron chi connectivity index (χ4n) is 3.80. The Bertz CT molecular complexity index is 1020. The quantitative estimate of drug-likeness (QED) is 0.591. The molecule has 12 heteroatoms. The Morgan fingerprint density at radius 3 is 2.38 bits per heavy atom. The van der Waals surface area contributed by atoms with Gasteiger partial charge in [-0.3, -0.25) is 4.79 Å². The molecule has 3 rings (SSSR count). The van der Waals surface area contributed by atoms with Crippen LogP contribution in [0.1, 0.15) is 32.6 Å². The highest BCUT2D eigenvalue weighted by atomic mass is 32.2. The van der Waals surface area contributed by atoms with E-state index in [1.54, 1.807) is 0 Å². The summed E-state index contributed by atoms with van der Waals surface area (Å²) in [6.45, 7) is 3.22. The molecule has 0 atom stereocenters. The van der Waals surface area contributed by atoms with Gasteiger partial charge in [-0.15, -0.1) is 0 Å². The van der Waals surface area contributed by atoms with Crippen LogP contribution >= 0.6 is 0 Å². The third kappa shape index (κ3) is 5.84. The van der Waals surface area contributed by atoms with Gasteiger partial charge in [-0.25, -0.2) is 25.5 Å². The van der Waals surface area contributed by atoms with Gasteiger partial charge < -0.3 is 10.1 Å². The van der Waals surface area contributed by atoms with E-state index in [0.717, 1.165) is 22.9 Å². The summed E-state index contributed by atoms with van der Waals surface area (Å²) in [6.07, 6.45) is 2.14. The monoisotopic (exact) mass is 491 g/mol. The molecule has 2 aliphatic rings. The van der Waals surface area contributed by atoms with E-state index in [-0.39, 0.29) is 56.7 Å². The van der Waals surface area contributed by atoms with Gasteiger partial charge >= 0.3 is 0 Å². The van der Waals surface area contributed by atoms with E-state index in [9.17, 15) is 26.0 Å². The van der Waals surface area contributed by atoms with E-state index in [2.05, 4.69) is 5.32 Å². The van der Waals surface area contributed by atoms with Gasteiger partial charge in [-0.1, -0.05) is 13.3 Å². The van der Waals surface area contributed by atoms with Crippen LogP contribution < -0.4 is 5.32 Å². The Labute approximate surface area is 189 Å². The lowest BCUT2D eigenvalue weighted by Crippen LogP contribution is -2.42. The number of ether oxygens (including phenoxy) is 1. The zero-order valence-electron chi connectivity index (χ0n) is 18.1. The maximum absolute atomic E-state index is 14.3. The van der Waals surface area contributed by atoms with Crippen molar-refractivity contribution in [1.29, 1.82) is 0 Å². The lowest BCUT2D eigenvalue weighted by atomic mass is 9.97. The van der Waals surface area contributed by atoms with Crippen molar-refractivity contribution in [2.24, 2.45) is 5.92 Å². The van der Waals surface area contributed by atoms with E-state index in [1.165, 1.54) is 10.4 Å². The summed E-state index contributed by atoms with van der Waals surface area (Å²) >= 11 is 0. The standard InChI is InChI=1S/C20H30FN3O6S2/c1-2-3-14-31(26,27)23-8-6-16(7-9-23)20(25)22-17-4-5-18(21)19(15-17)32(28,29)24-10-12-30-13-11-24/h4-5,15-16H,2-3,6-14H2,1H3,(H,22,25). The topological polar surface area (TPSA) is 113 Å². The molecular weight excluding hydrogens is 461 g/mol. The van der Waals surface area contributed by atoms with Crippen LogP contribution in [0.2, 0.25) is 0 Å². The highest BCUT2D eigenvalue weighted by molar-refractivity contribution is 7.89. The Hall–Kier alpha value is -1.60. The lowest BCUT2D eigenvalue weighted by molar-refractivity contribution is -0.120. The summed E-state index contributed by atoms with van der Waals surface area (Å²) in [6, 6.07) is 3.46. The number of benzene rings is 1. The number of rotatable bonds is 8. The minimum Gasteiger partial charge on any atom is -0.379 e. The van der Waals surface area contributed by atoms with Gasteiger partial charge in [0, 0.05) is 37.8 Å². The maximum atomic E-state index is 14.3. The van der Waals surface area contributed by atoms with Crippen LogP contribution in [-0.2, 0) is 29.6 Å². The Morgan fingerprint density at radius 1 is 1.09 bits per heavy atom. The molecule has 2 saturated heterocycles. The van der Waals surface area contributed by atoms with E-state index in [4.69, 9.17) is 4.74 Å². The molecule has 0 aromatic heterocycles. The first-order chi connectivity index (χ1) is 15.1. The number of anilines is 1. The molecule has 1 amide bonds. The third-order valence-electron chi connectivity index (χ3n) is 5.76. The number of hydrogen-bond donors (Lipinski definition) is 1. The van der Waals surface area contributed by atoms with Gasteiger partial charge in [0.05, 0.1) is 19.0 Å². The molecule has 0 radical (unpaired) electrons. The van der Waals surface area contributed by atoms with Crippen molar-refractivity contribution in [2.45, 2.75) is 37.5 Å². The zero-order chi connectivity index (χ0) is 23.4. The highest BCUT2D eigenvalue weighted by Crippen LogP contribution is 2.26. The number of unbranched alkanes of at least 4 members (excludes halogenated alkanes) is 1. The molecule has 180 valence electrons. The van der Waals surface area contributed by atoms with Crippen LogP contribution in [0.25, 0.3) is 0 Å². The third-order valence-corrected chi connectivity index (χ3v) is 9.63. The minimum absolute atomic E-state index is 0.107. The zero-order valence-corrected chi connectivity index (χ0v) is 19.8. The first-order valence-electron chi connectivity index (χ1n) is 10.8. The molecule has 2 fully saturated rings. The van der Waals surface area contributed by atoms with E-state index in [1.807, 2.05) is 6.92 Å². The van der Waals surface area contributed by atoms with Crippen LogP contribution in [0.4, 0.5) is 10.1 Å². The van der Waals surface area contributed by atoms with Gasteiger partial charge in [0.1, 0.15) is 10.7 Å². The van der Waals surface area contributed by atoms with Crippen molar-refractivity contribution >= 4 is 31.6 Å². The molecule has 0 saturated carbocycles. The second kappa shape index (κ2) is 10.6. The van der Waals surface area contributed by atoms with Gasteiger partial charge in [0.15, 0.2) is 0 Å². The highest BCUT2D eigenvalue weighted by Gasteiger charge is 2.32. The normalized spacial score (nSPS) is 19.7. The molecule has 2 aliphatic heterocycles. The number of sulfonamides is 2. The average molecular weight is 492 g/mol. The van der Waals surface area contributed by atoms with E-state index >= 15 is 0 Å². The number of morpholine rings is 1. The maximum Gasteiger partial charge on any atom is 0.246 e. The summed E-state index contributed by atoms with van der Waals surface area (Å²) in [5.74, 6) is -1.52. The average Bonchev–Trinajstić information content (AvgIpc) is 2.79. The summed E-state index contributed by atoms with van der Waals surface area (Å²) in [7, 11) is -7.36. The van der Waals surface area contributed by atoms with Crippen LogP contribution in [0.15, 0.2) is 23.1 Å². The van der Waals surface area contributed by atoms with Crippen LogP contribution in [-0.4, -0.2) is 76.5 Å². The van der Waals surface area contributed by atoms with Crippen LogP contribution in [0.5, 0.6) is 0 Å². The molecule has 9 nitrogen and oxygen atoms in total. The summed E-state index contributed by atoms with van der Waals surface area (Å²) in [5, 5.41) is 2.66. The van der Waals surface area contributed by atoms with Gasteiger partial charge in [-0.05, 0) is 37.5 Å². The predicted octanol–water partition coefficient (Wildman–Crippen LogP) is 1.63. The molecule has 1 N–H and O–H groups in total. The Morgan fingerprint density at radius 2 is 1.75 bits per heavy atom. The lowest BCUT2D eigenvalue weighted by Gasteiger charge is -2.30. The number of nitrogens with one attached hydrogen (secondary N) is 1. The fourth-order valence-corrected chi connectivity index (χ4v) is 6.98. The molecule has 1 aromatic carbocycles. The van der Waals surface area contributed by atoms with Crippen LogP contribution in [0.3, 0.4) is 0 Å². The van der Waals surface area contributed by atoms with Crippen molar-refractivity contribution in [1.82, 2.24) is 8.61 Å². The number of amides is 1. The number of nitrogens with zero attached hydrogens (tertiary/aromatic N) is 2. The Kier molecular flexibility index (Phi) is 8.26. The SMILES string of the molecule is CCCCS(=O)(=O)N1CCC(C(=O)Nc2ccc(F)c(S(=O)(=O)N3CCOCC3)c2)CC1. The van der Waals surface area contributed by atoms with Crippen molar-refractivity contribution in [3.8, 4) is 0 Å². The van der Waals surface area contributed by atoms with Gasteiger partial charge in [0.25, 0.3) is 0 Å². The number of halogens is 1. The largest absolute Gasteiger partial charge is 0.379 e. The summed E-state index contributed by atoms with van der Waals surface area (Å²) < 4.78 is 72.4. The first kappa shape index (κ1) is 25.0. The van der Waals surface area contributed by atoms with Crippen LogP contribution in [0, 0.1) is 11.7 Å². The van der Waals surface area contributed by atoms with Crippen molar-refractivity contribution in [3.63, 3.8) is 0 Å². The second-order valence-electron chi connectivity index (χ2n) is 7.99. The van der Waals surface area contributed by atoms with E-state index < -0.39 is 36.7 Å². The van der Waals surface area contributed by atoms with Gasteiger partial charge in [-0.2, -0.15) is 4.31 Å². The number of carbonyl (C=O) groups is 1. The summed E-state index contributed by atoms with van der Waals surface area (Å²) in [5.41, 5.74) is 0.182. The Balaban J connectivity index is 1.64. The molecule has 0 unspecified atom stereocenters.